The van der Waals surface area contributed by atoms with E-state index >= 15 is 0 Å². The predicted octanol–water partition coefficient (Wildman–Crippen LogP) is 3.30. The highest BCUT2D eigenvalue weighted by atomic mass is 79.9. The van der Waals surface area contributed by atoms with Gasteiger partial charge in [-0.25, -0.2) is 4.68 Å². The summed E-state index contributed by atoms with van der Waals surface area (Å²) in [6.07, 6.45) is 0. The van der Waals surface area contributed by atoms with Gasteiger partial charge in [-0.2, -0.15) is 0 Å². The molecular formula is C15H11BrN2O2. The zero-order valence-corrected chi connectivity index (χ0v) is 12.0. The molecule has 0 spiro atoms. The Kier molecular flexibility index (Phi) is 3.20. The summed E-state index contributed by atoms with van der Waals surface area (Å²) in [6.45, 7) is 0. The van der Waals surface area contributed by atoms with Crippen molar-refractivity contribution in [2.24, 2.45) is 0 Å². The van der Waals surface area contributed by atoms with E-state index in [-0.39, 0.29) is 11.3 Å². The molecule has 0 saturated carbocycles. The van der Waals surface area contributed by atoms with Crippen molar-refractivity contribution in [2.75, 3.05) is 0 Å². The van der Waals surface area contributed by atoms with Crippen molar-refractivity contribution in [2.45, 2.75) is 0 Å². The molecule has 100 valence electrons. The summed E-state index contributed by atoms with van der Waals surface area (Å²) in [4.78, 5) is 12.0. The first kappa shape index (κ1) is 12.7. The van der Waals surface area contributed by atoms with Crippen LogP contribution in [-0.4, -0.2) is 14.9 Å². The quantitative estimate of drug-likeness (QED) is 0.757. The molecule has 0 fully saturated rings. The molecule has 1 heterocycles. The second-order valence-electron chi connectivity index (χ2n) is 4.34. The molecule has 2 aromatic carbocycles. The maximum absolute atomic E-state index is 12.0. The van der Waals surface area contributed by atoms with E-state index in [1.165, 1.54) is 10.7 Å². The number of para-hydroxylation sites is 1. The lowest BCUT2D eigenvalue weighted by atomic mass is 10.1. The lowest BCUT2D eigenvalue weighted by Crippen LogP contribution is -2.13. The van der Waals surface area contributed by atoms with Crippen LogP contribution in [0.2, 0.25) is 0 Å². The highest BCUT2D eigenvalue weighted by Crippen LogP contribution is 2.26. The van der Waals surface area contributed by atoms with E-state index in [0.29, 0.717) is 11.3 Å². The zero-order chi connectivity index (χ0) is 14.1. The van der Waals surface area contributed by atoms with Gasteiger partial charge in [-0.1, -0.05) is 28.1 Å². The highest BCUT2D eigenvalue weighted by molar-refractivity contribution is 9.10. The number of aromatic amines is 1. The van der Waals surface area contributed by atoms with Crippen LogP contribution in [0.5, 0.6) is 5.75 Å². The first-order valence-electron chi connectivity index (χ1n) is 6.01. The molecule has 0 bridgehead atoms. The van der Waals surface area contributed by atoms with Crippen molar-refractivity contribution < 1.29 is 5.11 Å². The molecule has 1 aromatic heterocycles. The van der Waals surface area contributed by atoms with Gasteiger partial charge in [0.15, 0.2) is 0 Å². The molecule has 2 N–H and O–H groups in total. The molecule has 0 radical (unpaired) electrons. The lowest BCUT2D eigenvalue weighted by Gasteiger charge is -2.03. The molecule has 3 aromatic rings. The van der Waals surface area contributed by atoms with Gasteiger partial charge in [0.2, 0.25) is 0 Å². The molecule has 0 aliphatic heterocycles. The van der Waals surface area contributed by atoms with Crippen LogP contribution in [0, 0.1) is 0 Å². The van der Waals surface area contributed by atoms with Crippen molar-refractivity contribution in [3.63, 3.8) is 0 Å². The van der Waals surface area contributed by atoms with Crippen molar-refractivity contribution in [1.82, 2.24) is 9.78 Å². The third-order valence-electron chi connectivity index (χ3n) is 3.00. The summed E-state index contributed by atoms with van der Waals surface area (Å²) in [5, 5.41) is 12.8. The van der Waals surface area contributed by atoms with Crippen LogP contribution in [0.1, 0.15) is 0 Å². The van der Waals surface area contributed by atoms with Crippen molar-refractivity contribution >= 4 is 15.9 Å². The van der Waals surface area contributed by atoms with Gasteiger partial charge < -0.3 is 5.11 Å². The van der Waals surface area contributed by atoms with Gasteiger partial charge in [-0.15, -0.1) is 0 Å². The molecule has 0 saturated heterocycles. The Morgan fingerprint density at radius 1 is 1.05 bits per heavy atom. The van der Waals surface area contributed by atoms with Crippen molar-refractivity contribution in [3.05, 3.63) is 69.4 Å². The minimum absolute atomic E-state index is 0.136. The molecule has 4 nitrogen and oxygen atoms in total. The third kappa shape index (κ3) is 2.28. The molecule has 0 aliphatic carbocycles. The number of phenols is 1. The van der Waals surface area contributed by atoms with Crippen LogP contribution in [-0.2, 0) is 0 Å². The van der Waals surface area contributed by atoms with Crippen LogP contribution in [0.3, 0.4) is 0 Å². The topological polar surface area (TPSA) is 58.0 Å². The number of benzene rings is 2. The molecular weight excluding hydrogens is 320 g/mol. The maximum Gasteiger partial charge on any atom is 0.271 e. The molecule has 3 rings (SSSR count). The number of halogens is 1. The fourth-order valence-electron chi connectivity index (χ4n) is 2.02. The summed E-state index contributed by atoms with van der Waals surface area (Å²) in [7, 11) is 0. The molecule has 0 aliphatic rings. The maximum atomic E-state index is 12.0. The number of nitrogens with one attached hydrogen (secondary N) is 1. The van der Waals surface area contributed by atoms with Crippen molar-refractivity contribution in [1.29, 1.82) is 0 Å². The van der Waals surface area contributed by atoms with Gasteiger partial charge in [-0.3, -0.25) is 9.89 Å². The Morgan fingerprint density at radius 3 is 2.45 bits per heavy atom. The Morgan fingerprint density at radius 2 is 1.75 bits per heavy atom. The predicted molar refractivity (Wildman–Crippen MR) is 81.2 cm³/mol. The minimum Gasteiger partial charge on any atom is -0.507 e. The van der Waals surface area contributed by atoms with Crippen LogP contribution in [0.4, 0.5) is 0 Å². The molecule has 0 unspecified atom stereocenters. The standard InChI is InChI=1S/C15H11BrN2O2/c16-10-5-7-11(8-6-10)18-15(20)9-13(17-18)12-3-1-2-4-14(12)19/h1-9,17,19H. The number of hydrogen-bond donors (Lipinski definition) is 2. The number of rotatable bonds is 2. The second-order valence-corrected chi connectivity index (χ2v) is 5.25. The van der Waals surface area contributed by atoms with E-state index in [9.17, 15) is 9.90 Å². The third-order valence-corrected chi connectivity index (χ3v) is 3.53. The van der Waals surface area contributed by atoms with Gasteiger partial charge in [-0.05, 0) is 36.4 Å². The lowest BCUT2D eigenvalue weighted by molar-refractivity contribution is 0.477. The van der Waals surface area contributed by atoms with E-state index in [2.05, 4.69) is 21.0 Å². The highest BCUT2D eigenvalue weighted by Gasteiger charge is 2.09. The van der Waals surface area contributed by atoms with E-state index < -0.39 is 0 Å². The SMILES string of the molecule is O=c1cc(-c2ccccc2O)[nH]n1-c1ccc(Br)cc1. The second kappa shape index (κ2) is 5.02. The van der Waals surface area contributed by atoms with Gasteiger partial charge in [0.1, 0.15) is 5.75 Å². The largest absolute Gasteiger partial charge is 0.507 e. The van der Waals surface area contributed by atoms with E-state index in [0.717, 1.165) is 10.2 Å². The smallest absolute Gasteiger partial charge is 0.271 e. The first-order chi connectivity index (χ1) is 9.65. The molecule has 0 amide bonds. The van der Waals surface area contributed by atoms with E-state index in [1.807, 2.05) is 30.3 Å². The number of aromatic hydroxyl groups is 1. The molecule has 20 heavy (non-hydrogen) atoms. The Bertz CT molecular complexity index is 803. The molecule has 0 atom stereocenters. The fraction of sp³-hybridized carbons (Fsp3) is 0. The zero-order valence-electron chi connectivity index (χ0n) is 10.4. The van der Waals surface area contributed by atoms with Gasteiger partial charge >= 0.3 is 0 Å². The Hall–Kier alpha value is -2.27. The number of nitrogens with zero attached hydrogens (tertiary/aromatic N) is 1. The van der Waals surface area contributed by atoms with E-state index in [4.69, 9.17) is 0 Å². The number of aromatic nitrogens is 2. The minimum atomic E-state index is -0.175. The average molecular weight is 331 g/mol. The number of hydrogen-bond acceptors (Lipinski definition) is 2. The normalized spacial score (nSPS) is 10.7. The van der Waals surface area contributed by atoms with Gasteiger partial charge in [0, 0.05) is 16.1 Å². The van der Waals surface area contributed by atoms with Gasteiger partial charge in [0.05, 0.1) is 11.4 Å². The summed E-state index contributed by atoms with van der Waals surface area (Å²) < 4.78 is 2.38. The van der Waals surface area contributed by atoms with Gasteiger partial charge in [0.25, 0.3) is 5.56 Å². The summed E-state index contributed by atoms with van der Waals surface area (Å²) >= 11 is 3.36. The number of phenolic OH excluding ortho intramolecular Hbond substituents is 1. The Labute approximate surface area is 123 Å². The number of H-pyrrole nitrogens is 1. The van der Waals surface area contributed by atoms with Crippen LogP contribution in [0.25, 0.3) is 16.9 Å². The Balaban J connectivity index is 2.10. The van der Waals surface area contributed by atoms with Crippen molar-refractivity contribution in [3.8, 4) is 22.7 Å². The average Bonchev–Trinajstić information content (AvgIpc) is 2.82. The molecule has 5 heteroatoms. The van der Waals surface area contributed by atoms with Crippen LogP contribution >= 0.6 is 15.9 Å². The summed E-state index contributed by atoms with van der Waals surface area (Å²) in [5.74, 6) is 0.136. The monoisotopic (exact) mass is 330 g/mol. The van der Waals surface area contributed by atoms with Crippen LogP contribution < -0.4 is 5.56 Å². The summed E-state index contributed by atoms with van der Waals surface area (Å²) in [5.41, 5.74) is 1.74. The van der Waals surface area contributed by atoms with Crippen LogP contribution in [0.15, 0.2) is 63.9 Å². The van der Waals surface area contributed by atoms with E-state index in [1.54, 1.807) is 18.2 Å². The summed E-state index contributed by atoms with van der Waals surface area (Å²) in [6, 6.07) is 15.7. The first-order valence-corrected chi connectivity index (χ1v) is 6.81. The fourth-order valence-corrected chi connectivity index (χ4v) is 2.28.